The van der Waals surface area contributed by atoms with Gasteiger partial charge in [0.2, 0.25) is 0 Å². The molecule has 0 heterocycles. The summed E-state index contributed by atoms with van der Waals surface area (Å²) in [7, 11) is 0. The monoisotopic (exact) mass is 281 g/mol. The van der Waals surface area contributed by atoms with Gasteiger partial charge in [0.05, 0.1) is 6.42 Å². The molecule has 1 unspecified atom stereocenters. The van der Waals surface area contributed by atoms with Crippen molar-refractivity contribution in [1.82, 2.24) is 0 Å². The fourth-order valence-electron chi connectivity index (χ4n) is 1.24. The Bertz CT molecular complexity index is 325. The molecule has 15 heavy (non-hydrogen) atoms. The van der Waals surface area contributed by atoms with Crippen LogP contribution < -0.4 is 5.32 Å². The van der Waals surface area contributed by atoms with E-state index in [1.54, 1.807) is 18.2 Å². The molecule has 0 saturated carbocycles. The molecule has 0 aromatic heterocycles. The van der Waals surface area contributed by atoms with E-state index >= 15 is 0 Å². The van der Waals surface area contributed by atoms with Crippen molar-refractivity contribution in [3.05, 3.63) is 28.7 Å². The predicted molar refractivity (Wildman–Crippen MR) is 57.9 cm³/mol. The van der Waals surface area contributed by atoms with Crippen LogP contribution in [0.25, 0.3) is 0 Å². The molecule has 0 fully saturated rings. The summed E-state index contributed by atoms with van der Waals surface area (Å²) in [5.74, 6) is 0. The average molecular weight is 282 g/mol. The molecule has 5 heteroatoms. The molecule has 1 aromatic carbocycles. The molecule has 0 aliphatic carbocycles. The van der Waals surface area contributed by atoms with Crippen LogP contribution in [0.15, 0.2) is 28.7 Å². The van der Waals surface area contributed by atoms with Crippen LogP contribution in [-0.2, 0) is 0 Å². The van der Waals surface area contributed by atoms with E-state index in [0.717, 1.165) is 4.47 Å². The summed E-state index contributed by atoms with van der Waals surface area (Å²) in [5.41, 5.74) is 0.675. The number of para-hydroxylation sites is 1. The van der Waals surface area contributed by atoms with Gasteiger partial charge >= 0.3 is 6.18 Å². The first-order valence-corrected chi connectivity index (χ1v) is 5.25. The minimum Gasteiger partial charge on any atom is -0.381 e. The number of rotatable bonds is 3. The molecular weight excluding hydrogens is 271 g/mol. The Morgan fingerprint density at radius 3 is 2.47 bits per heavy atom. The molecule has 0 aliphatic heterocycles. The zero-order chi connectivity index (χ0) is 11.5. The third-order valence-electron chi connectivity index (χ3n) is 1.81. The normalized spacial score (nSPS) is 13.7. The summed E-state index contributed by atoms with van der Waals surface area (Å²) in [6.07, 6.45) is -4.97. The topological polar surface area (TPSA) is 12.0 Å². The number of hydrogen-bond donors (Lipinski definition) is 1. The van der Waals surface area contributed by atoms with Gasteiger partial charge in [0.1, 0.15) is 0 Å². The Kier molecular flexibility index (Phi) is 4.02. The van der Waals surface area contributed by atoms with Crippen molar-refractivity contribution in [3.8, 4) is 0 Å². The molecule has 1 nitrogen and oxygen atoms in total. The molecular formula is C10H11BrF3N. The summed E-state index contributed by atoms with van der Waals surface area (Å²) < 4.78 is 36.9. The Labute approximate surface area is 94.8 Å². The van der Waals surface area contributed by atoms with E-state index in [1.807, 2.05) is 6.07 Å². The van der Waals surface area contributed by atoms with Crippen LogP contribution in [0.4, 0.5) is 18.9 Å². The van der Waals surface area contributed by atoms with Crippen molar-refractivity contribution >= 4 is 21.6 Å². The van der Waals surface area contributed by atoms with Gasteiger partial charge in [-0.25, -0.2) is 0 Å². The minimum atomic E-state index is -4.13. The molecule has 0 bridgehead atoms. The van der Waals surface area contributed by atoms with Crippen molar-refractivity contribution < 1.29 is 13.2 Å². The predicted octanol–water partition coefficient (Wildman–Crippen LogP) is 4.20. The van der Waals surface area contributed by atoms with Crippen molar-refractivity contribution in [1.29, 1.82) is 0 Å². The first kappa shape index (κ1) is 12.4. The third-order valence-corrected chi connectivity index (χ3v) is 2.50. The molecule has 0 radical (unpaired) electrons. The second-order valence-electron chi connectivity index (χ2n) is 3.34. The van der Waals surface area contributed by atoms with Crippen LogP contribution in [0.2, 0.25) is 0 Å². The van der Waals surface area contributed by atoms with Gasteiger partial charge in [-0.05, 0) is 35.0 Å². The van der Waals surface area contributed by atoms with Crippen molar-refractivity contribution in [2.24, 2.45) is 0 Å². The number of hydrogen-bond acceptors (Lipinski definition) is 1. The fraction of sp³-hybridized carbons (Fsp3) is 0.400. The lowest BCUT2D eigenvalue weighted by atomic mass is 10.2. The van der Waals surface area contributed by atoms with Gasteiger partial charge in [0, 0.05) is 16.2 Å². The van der Waals surface area contributed by atoms with E-state index in [-0.39, 0.29) is 0 Å². The number of benzene rings is 1. The minimum absolute atomic E-state index is 0.635. The first-order valence-electron chi connectivity index (χ1n) is 4.46. The highest BCUT2D eigenvalue weighted by Crippen LogP contribution is 2.26. The van der Waals surface area contributed by atoms with Crippen molar-refractivity contribution in [2.45, 2.75) is 25.6 Å². The largest absolute Gasteiger partial charge is 0.391 e. The maximum absolute atomic E-state index is 12.1. The molecule has 0 aliphatic rings. The molecule has 0 amide bonds. The zero-order valence-electron chi connectivity index (χ0n) is 8.11. The summed E-state index contributed by atoms with van der Waals surface area (Å²) in [6.45, 7) is 1.51. The third kappa shape index (κ3) is 4.55. The lowest BCUT2D eigenvalue weighted by Crippen LogP contribution is -2.23. The highest BCUT2D eigenvalue weighted by molar-refractivity contribution is 9.10. The second-order valence-corrected chi connectivity index (χ2v) is 4.20. The average Bonchev–Trinajstić information content (AvgIpc) is 2.05. The van der Waals surface area contributed by atoms with Crippen LogP contribution in [0.1, 0.15) is 13.3 Å². The molecule has 1 N–H and O–H groups in total. The van der Waals surface area contributed by atoms with E-state index in [1.165, 1.54) is 6.92 Å². The van der Waals surface area contributed by atoms with Gasteiger partial charge < -0.3 is 5.32 Å². The summed E-state index contributed by atoms with van der Waals surface area (Å²) in [6, 6.07) is 6.46. The molecule has 84 valence electrons. The quantitative estimate of drug-likeness (QED) is 0.876. The lowest BCUT2D eigenvalue weighted by Gasteiger charge is -2.17. The highest BCUT2D eigenvalue weighted by atomic mass is 79.9. The summed E-state index contributed by atoms with van der Waals surface area (Å²) in [4.78, 5) is 0. The molecule has 0 saturated heterocycles. The SMILES string of the molecule is CC(CC(F)(F)F)Nc1ccccc1Br. The van der Waals surface area contributed by atoms with Crippen molar-refractivity contribution in [2.75, 3.05) is 5.32 Å². The van der Waals surface area contributed by atoms with Gasteiger partial charge in [0.25, 0.3) is 0 Å². The Hall–Kier alpha value is -0.710. The van der Waals surface area contributed by atoms with Crippen LogP contribution in [0.3, 0.4) is 0 Å². The Morgan fingerprint density at radius 1 is 1.33 bits per heavy atom. The van der Waals surface area contributed by atoms with Crippen LogP contribution in [0, 0.1) is 0 Å². The number of alkyl halides is 3. The highest BCUT2D eigenvalue weighted by Gasteiger charge is 2.29. The Morgan fingerprint density at radius 2 is 1.93 bits per heavy atom. The van der Waals surface area contributed by atoms with Gasteiger partial charge in [-0.3, -0.25) is 0 Å². The second kappa shape index (κ2) is 4.88. The fourth-order valence-corrected chi connectivity index (χ4v) is 1.64. The lowest BCUT2D eigenvalue weighted by molar-refractivity contribution is -0.136. The number of nitrogens with one attached hydrogen (secondary N) is 1. The zero-order valence-corrected chi connectivity index (χ0v) is 9.69. The van der Waals surface area contributed by atoms with Gasteiger partial charge in [-0.1, -0.05) is 12.1 Å². The summed E-state index contributed by atoms with van der Waals surface area (Å²) >= 11 is 3.26. The molecule has 1 aromatic rings. The first-order chi connectivity index (χ1) is 6.88. The van der Waals surface area contributed by atoms with Crippen LogP contribution in [-0.4, -0.2) is 12.2 Å². The van der Waals surface area contributed by atoms with E-state index in [4.69, 9.17) is 0 Å². The van der Waals surface area contributed by atoms with Gasteiger partial charge in [0.15, 0.2) is 0 Å². The van der Waals surface area contributed by atoms with Crippen LogP contribution in [0.5, 0.6) is 0 Å². The van der Waals surface area contributed by atoms with E-state index in [2.05, 4.69) is 21.2 Å². The molecule has 1 rings (SSSR count). The smallest absolute Gasteiger partial charge is 0.381 e. The number of anilines is 1. The standard InChI is InChI=1S/C10H11BrF3N/c1-7(6-10(12,13)14)15-9-5-3-2-4-8(9)11/h2-5,7,15H,6H2,1H3. The van der Waals surface area contributed by atoms with Gasteiger partial charge in [-0.2, -0.15) is 13.2 Å². The van der Waals surface area contributed by atoms with Crippen molar-refractivity contribution in [3.63, 3.8) is 0 Å². The molecule has 1 atom stereocenters. The Balaban J connectivity index is 2.59. The van der Waals surface area contributed by atoms with E-state index in [9.17, 15) is 13.2 Å². The van der Waals surface area contributed by atoms with E-state index < -0.39 is 18.6 Å². The van der Waals surface area contributed by atoms with E-state index in [0.29, 0.717) is 5.69 Å². The summed E-state index contributed by atoms with van der Waals surface area (Å²) in [5, 5.41) is 2.80. The van der Waals surface area contributed by atoms with Gasteiger partial charge in [-0.15, -0.1) is 0 Å². The van der Waals surface area contributed by atoms with Crippen LogP contribution >= 0.6 is 15.9 Å². The number of halogens is 4. The maximum Gasteiger partial charge on any atom is 0.391 e. The maximum atomic E-state index is 12.1. The molecule has 0 spiro atoms.